The zero-order chi connectivity index (χ0) is 38.6. The van der Waals surface area contributed by atoms with E-state index in [4.69, 9.17) is 23.8 Å². The Bertz CT molecular complexity index is 1820. The summed E-state index contributed by atoms with van der Waals surface area (Å²) in [4.78, 5) is 39.4. The molecule has 3 aromatic heterocycles. The fourth-order valence-electron chi connectivity index (χ4n) is 7.12. The molecule has 300 valence electrons. The van der Waals surface area contributed by atoms with Crippen molar-refractivity contribution in [2.45, 2.75) is 142 Å². The first-order chi connectivity index (χ1) is 27.6. The topological polar surface area (TPSA) is 123 Å². The number of hydrogen-bond acceptors (Lipinski definition) is 9. The summed E-state index contributed by atoms with van der Waals surface area (Å²) in [5.41, 5.74) is 5.79. The number of rotatable bonds is 0. The number of amides is 2. The van der Waals surface area contributed by atoms with Crippen LogP contribution in [0.4, 0.5) is 0 Å². The fraction of sp³-hybridized carbons (Fsp3) is 0.533. The zero-order valence-electron chi connectivity index (χ0n) is 33.0. The maximum atomic E-state index is 12.6. The summed E-state index contributed by atoms with van der Waals surface area (Å²) in [5.74, 6) is 3.53. The van der Waals surface area contributed by atoms with Crippen molar-refractivity contribution in [3.63, 3.8) is 0 Å². The molecule has 2 N–H and O–H groups in total. The van der Waals surface area contributed by atoms with Crippen LogP contribution in [0.1, 0.15) is 140 Å². The van der Waals surface area contributed by atoms with E-state index in [0.29, 0.717) is 71.3 Å². The van der Waals surface area contributed by atoms with Gasteiger partial charge in [0.15, 0.2) is 11.2 Å². The second kappa shape index (κ2) is 23.4. The van der Waals surface area contributed by atoms with Gasteiger partial charge < -0.3 is 19.5 Å². The highest BCUT2D eigenvalue weighted by Gasteiger charge is 2.15. The highest BCUT2D eigenvalue weighted by Crippen LogP contribution is 2.29. The number of carbonyl (C=O) groups excluding carboxylic acids is 2. The van der Waals surface area contributed by atoms with Gasteiger partial charge in [0.2, 0.25) is 23.6 Å². The van der Waals surface area contributed by atoms with Gasteiger partial charge in [-0.1, -0.05) is 130 Å². The third-order valence-corrected chi connectivity index (χ3v) is 13.0. The minimum atomic E-state index is 0.0892. The van der Waals surface area contributed by atoms with E-state index >= 15 is 0 Å². The number of nitrogens with one attached hydrogen (secondary N) is 2. The van der Waals surface area contributed by atoms with Crippen LogP contribution in [0, 0.1) is 0 Å². The van der Waals surface area contributed by atoms with Crippen LogP contribution in [0.2, 0.25) is 0 Å². The molecule has 9 nitrogen and oxygen atoms in total. The van der Waals surface area contributed by atoms with E-state index in [2.05, 4.69) is 32.2 Å². The summed E-state index contributed by atoms with van der Waals surface area (Å²) in [5, 5.41) is 6.14. The fourth-order valence-corrected chi connectivity index (χ4v) is 9.42. The molecule has 0 saturated carbocycles. The summed E-state index contributed by atoms with van der Waals surface area (Å²) >= 11 is 0. The third-order valence-electron chi connectivity index (χ3n) is 10.4. The summed E-state index contributed by atoms with van der Waals surface area (Å²) < 4.78 is 12.2. The SMILES string of the molecule is O=C1CCCCCCCCCCCSSCCCCCCCCCCCC(=O)NCc2ccc3oc(nc3c2)-c2cccc(n2)-c2nc3cc(ccc3o2)CN1. The Kier molecular flexibility index (Phi) is 17.5. The van der Waals surface area contributed by atoms with Gasteiger partial charge in [0, 0.05) is 37.4 Å². The highest BCUT2D eigenvalue weighted by molar-refractivity contribution is 8.76. The lowest BCUT2D eigenvalue weighted by Gasteiger charge is -2.06. The Hall–Kier alpha value is -3.83. The van der Waals surface area contributed by atoms with E-state index in [1.165, 1.54) is 101 Å². The van der Waals surface area contributed by atoms with Crippen molar-refractivity contribution < 1.29 is 18.4 Å². The monoisotopic (exact) mass is 797 g/mol. The summed E-state index contributed by atoms with van der Waals surface area (Å²) in [7, 11) is 4.12. The molecule has 0 saturated heterocycles. The number of carbonyl (C=O) groups is 2. The number of benzene rings is 2. The molecule has 0 fully saturated rings. The number of nitrogens with zero attached hydrogens (tertiary/aromatic N) is 3. The largest absolute Gasteiger partial charge is 0.435 e. The number of pyridine rings is 1. The number of aromatic nitrogens is 3. The second-order valence-corrected chi connectivity index (χ2v) is 17.8. The van der Waals surface area contributed by atoms with Crippen molar-refractivity contribution >= 4 is 55.6 Å². The van der Waals surface area contributed by atoms with Crippen LogP contribution in [0.25, 0.3) is 45.4 Å². The molecule has 5 aromatic rings. The number of hydrogen-bond donors (Lipinski definition) is 2. The van der Waals surface area contributed by atoms with Crippen molar-refractivity contribution in [1.82, 2.24) is 25.6 Å². The van der Waals surface area contributed by atoms with Crippen molar-refractivity contribution in [3.8, 4) is 23.2 Å². The lowest BCUT2D eigenvalue weighted by Crippen LogP contribution is -2.22. The third kappa shape index (κ3) is 14.0. The summed E-state index contributed by atoms with van der Waals surface area (Å²) in [6, 6.07) is 17.2. The van der Waals surface area contributed by atoms with E-state index in [1.807, 2.05) is 54.6 Å². The van der Waals surface area contributed by atoms with E-state index in [9.17, 15) is 9.59 Å². The average Bonchev–Trinajstić information content (AvgIpc) is 3.85. The Labute approximate surface area is 340 Å². The number of oxazole rings is 2. The first-order valence-electron chi connectivity index (χ1n) is 21.2. The second-order valence-electron chi connectivity index (χ2n) is 15.1. The highest BCUT2D eigenvalue weighted by atomic mass is 33.1. The first-order valence-corrected chi connectivity index (χ1v) is 23.6. The van der Waals surface area contributed by atoms with Gasteiger partial charge in [-0.2, -0.15) is 0 Å². The van der Waals surface area contributed by atoms with Gasteiger partial charge in [0.25, 0.3) is 0 Å². The minimum absolute atomic E-state index is 0.0892. The van der Waals surface area contributed by atoms with Crippen LogP contribution in [0.15, 0.2) is 63.4 Å². The Morgan fingerprint density at radius 1 is 0.464 bits per heavy atom. The lowest BCUT2D eigenvalue weighted by molar-refractivity contribution is -0.122. The molecular formula is C45H59N5O4S2. The molecule has 0 aliphatic carbocycles. The zero-order valence-corrected chi connectivity index (χ0v) is 34.6. The van der Waals surface area contributed by atoms with Crippen molar-refractivity contribution in [1.29, 1.82) is 0 Å². The first kappa shape index (κ1) is 41.8. The van der Waals surface area contributed by atoms with Crippen LogP contribution < -0.4 is 10.6 Å². The summed E-state index contributed by atoms with van der Waals surface area (Å²) in [6.45, 7) is 0.904. The smallest absolute Gasteiger partial charge is 0.246 e. The molecule has 8 bridgehead atoms. The maximum absolute atomic E-state index is 12.6. The van der Waals surface area contributed by atoms with Crippen LogP contribution in [0.5, 0.6) is 0 Å². The van der Waals surface area contributed by atoms with Gasteiger partial charge >= 0.3 is 0 Å². The lowest BCUT2D eigenvalue weighted by atomic mass is 10.1. The van der Waals surface area contributed by atoms with Crippen molar-refractivity contribution in [3.05, 3.63) is 65.7 Å². The molecular weight excluding hydrogens is 739 g/mol. The van der Waals surface area contributed by atoms with E-state index < -0.39 is 0 Å². The van der Waals surface area contributed by atoms with Gasteiger partial charge in [-0.15, -0.1) is 0 Å². The van der Waals surface area contributed by atoms with E-state index in [0.717, 1.165) is 36.8 Å². The molecule has 56 heavy (non-hydrogen) atoms. The number of fused-ring (bicyclic) bond motifs is 8. The molecule has 0 spiro atoms. The van der Waals surface area contributed by atoms with Gasteiger partial charge in [-0.3, -0.25) is 9.59 Å². The molecule has 6 rings (SSSR count). The van der Waals surface area contributed by atoms with Crippen molar-refractivity contribution in [2.75, 3.05) is 11.5 Å². The standard InChI is InChI=1S/C45H59N5O4S2/c51-42-22-15-11-7-3-1-5-9-13-17-28-55-56-29-18-14-10-6-2-4-8-12-16-23-43(52)47-33-35-25-27-41-39(31-35)50-45(54-41)37-21-19-20-36(48-37)44-49-38-30-34(32-46-42)24-26-40(38)53-44/h19-21,24-27,30-31H,1-18,22-23,28-29,32-33H2,(H,46,51)(H,47,52). The molecule has 11 heteroatoms. The predicted molar refractivity (Wildman–Crippen MR) is 231 cm³/mol. The summed E-state index contributed by atoms with van der Waals surface area (Å²) in [6.07, 6.45) is 23.5. The van der Waals surface area contributed by atoms with Crippen LogP contribution in [-0.2, 0) is 22.7 Å². The maximum Gasteiger partial charge on any atom is 0.246 e. The molecule has 1 aliphatic rings. The average molecular weight is 798 g/mol. The van der Waals surface area contributed by atoms with Crippen molar-refractivity contribution in [2.24, 2.45) is 0 Å². The Morgan fingerprint density at radius 2 is 0.857 bits per heavy atom. The molecule has 4 heterocycles. The van der Waals surface area contributed by atoms with Gasteiger partial charge in [-0.05, 0) is 73.2 Å². The van der Waals surface area contributed by atoms with Gasteiger partial charge in [-0.25, -0.2) is 15.0 Å². The van der Waals surface area contributed by atoms with E-state index in [-0.39, 0.29) is 11.8 Å². The molecule has 2 amide bonds. The minimum Gasteiger partial charge on any atom is -0.435 e. The quantitative estimate of drug-likeness (QED) is 0.147. The van der Waals surface area contributed by atoms with Gasteiger partial charge in [0.1, 0.15) is 22.4 Å². The molecule has 1 aliphatic heterocycles. The predicted octanol–water partition coefficient (Wildman–Crippen LogP) is 12.1. The van der Waals surface area contributed by atoms with Crippen LogP contribution >= 0.6 is 21.6 Å². The Balaban J connectivity index is 1.02. The molecule has 0 radical (unpaired) electrons. The molecule has 0 atom stereocenters. The van der Waals surface area contributed by atoms with Crippen LogP contribution in [-0.4, -0.2) is 38.3 Å². The Morgan fingerprint density at radius 3 is 1.29 bits per heavy atom. The molecule has 2 aromatic carbocycles. The normalized spacial score (nSPS) is 18.3. The van der Waals surface area contributed by atoms with Crippen LogP contribution in [0.3, 0.4) is 0 Å². The molecule has 0 unspecified atom stereocenters. The van der Waals surface area contributed by atoms with E-state index in [1.54, 1.807) is 0 Å². The van der Waals surface area contributed by atoms with Gasteiger partial charge in [0.05, 0.1) is 0 Å².